The number of aliphatic imine (C=N–C) groups is 2. The molecule has 2 aliphatic heterocycles. The highest BCUT2D eigenvalue weighted by Crippen LogP contribution is 2.52. The average molecular weight is 264 g/mol. The molecule has 102 valence electrons. The molecule has 0 atom stereocenters. The summed E-state index contributed by atoms with van der Waals surface area (Å²) >= 11 is 0. The lowest BCUT2D eigenvalue weighted by Crippen LogP contribution is -2.29. The van der Waals surface area contributed by atoms with E-state index in [1.165, 1.54) is 0 Å². The van der Waals surface area contributed by atoms with Crippen LogP contribution in [0.2, 0.25) is 0 Å². The van der Waals surface area contributed by atoms with Crippen LogP contribution in [-0.4, -0.2) is 34.8 Å². The van der Waals surface area contributed by atoms with Crippen LogP contribution in [0.5, 0.6) is 0 Å². The van der Waals surface area contributed by atoms with E-state index in [0.29, 0.717) is 11.8 Å². The van der Waals surface area contributed by atoms with Gasteiger partial charge in [0.05, 0.1) is 0 Å². The van der Waals surface area contributed by atoms with Crippen LogP contribution in [0, 0.1) is 5.41 Å². The summed E-state index contributed by atoms with van der Waals surface area (Å²) in [5.74, 6) is -0.0746. The van der Waals surface area contributed by atoms with Crippen LogP contribution in [-0.2, 0) is 19.1 Å². The maximum Gasteiger partial charge on any atom is 0.340 e. The summed E-state index contributed by atoms with van der Waals surface area (Å²) in [7, 11) is 0. The van der Waals surface area contributed by atoms with Gasteiger partial charge in [-0.2, -0.15) is 0 Å². The molecule has 0 spiro atoms. The molecule has 0 aromatic rings. The summed E-state index contributed by atoms with van der Waals surface area (Å²) in [5, 5.41) is 0. The van der Waals surface area contributed by atoms with Crippen LogP contribution in [0.4, 0.5) is 0 Å². The summed E-state index contributed by atoms with van der Waals surface area (Å²) in [6, 6.07) is 0. The minimum absolute atomic E-state index is 0.340. The van der Waals surface area contributed by atoms with Gasteiger partial charge in [-0.3, -0.25) is 0 Å². The Kier molecular flexibility index (Phi) is 2.10. The second-order valence-electron chi connectivity index (χ2n) is 6.31. The third kappa shape index (κ3) is 1.62. The van der Waals surface area contributed by atoms with E-state index in [4.69, 9.17) is 9.47 Å². The molecule has 2 heterocycles. The molecule has 6 heteroatoms. The van der Waals surface area contributed by atoms with E-state index in [1.54, 1.807) is 27.7 Å². The highest BCUT2D eigenvalue weighted by Gasteiger charge is 2.62. The van der Waals surface area contributed by atoms with Crippen molar-refractivity contribution in [2.75, 3.05) is 0 Å². The number of ether oxygens (including phenoxy) is 2. The summed E-state index contributed by atoms with van der Waals surface area (Å²) in [5.41, 5.74) is -2.35. The second kappa shape index (κ2) is 3.23. The monoisotopic (exact) mass is 264 g/mol. The van der Waals surface area contributed by atoms with E-state index in [9.17, 15) is 9.59 Å². The standard InChI is InChI=1S/C13H16N2O4/c1-11(2)9(16)18-7(14-11)13(5-6-13)8-15-12(3,4)10(17)19-8/h5-6H2,1-4H3. The zero-order chi connectivity index (χ0) is 14.1. The molecule has 6 nitrogen and oxygen atoms in total. The van der Waals surface area contributed by atoms with Crippen molar-refractivity contribution in [1.82, 2.24) is 0 Å². The predicted octanol–water partition coefficient (Wildman–Crippen LogP) is 1.23. The fourth-order valence-electron chi connectivity index (χ4n) is 2.12. The molecule has 0 amide bonds. The first-order valence-electron chi connectivity index (χ1n) is 6.33. The zero-order valence-electron chi connectivity index (χ0n) is 11.4. The molecule has 0 saturated heterocycles. The van der Waals surface area contributed by atoms with Crippen molar-refractivity contribution in [2.45, 2.75) is 51.6 Å². The first-order chi connectivity index (χ1) is 8.67. The molecule has 1 saturated carbocycles. The first-order valence-corrected chi connectivity index (χ1v) is 6.33. The lowest BCUT2D eigenvalue weighted by atomic mass is 10.1. The number of carbonyl (C=O) groups is 2. The molecule has 1 fully saturated rings. The van der Waals surface area contributed by atoms with Crippen molar-refractivity contribution < 1.29 is 19.1 Å². The lowest BCUT2D eigenvalue weighted by molar-refractivity contribution is -0.138. The molecule has 0 unspecified atom stereocenters. The van der Waals surface area contributed by atoms with Gasteiger partial charge in [-0.1, -0.05) is 0 Å². The van der Waals surface area contributed by atoms with E-state index >= 15 is 0 Å². The summed E-state index contributed by atoms with van der Waals surface area (Å²) < 4.78 is 10.5. The van der Waals surface area contributed by atoms with Gasteiger partial charge in [0.15, 0.2) is 11.1 Å². The summed E-state index contributed by atoms with van der Waals surface area (Å²) in [4.78, 5) is 32.1. The van der Waals surface area contributed by atoms with Crippen LogP contribution in [0.3, 0.4) is 0 Å². The van der Waals surface area contributed by atoms with Gasteiger partial charge in [0.1, 0.15) is 5.41 Å². The largest absolute Gasteiger partial charge is 0.409 e. The third-order valence-corrected chi connectivity index (χ3v) is 3.71. The minimum Gasteiger partial charge on any atom is -0.409 e. The Bertz CT molecular complexity index is 507. The van der Waals surface area contributed by atoms with Gasteiger partial charge in [0.25, 0.3) is 0 Å². The SMILES string of the molecule is CC1(C)N=C(C2(C3=NC(C)(C)C(=O)O3)CC2)OC1=O. The molecule has 0 bridgehead atoms. The third-order valence-electron chi connectivity index (χ3n) is 3.71. The van der Waals surface area contributed by atoms with E-state index in [2.05, 4.69) is 9.98 Å². The van der Waals surface area contributed by atoms with Gasteiger partial charge in [0, 0.05) is 0 Å². The van der Waals surface area contributed by atoms with Crippen LogP contribution in [0.1, 0.15) is 40.5 Å². The number of esters is 2. The van der Waals surface area contributed by atoms with Crippen LogP contribution in [0.25, 0.3) is 0 Å². The normalized spacial score (nSPS) is 29.5. The van der Waals surface area contributed by atoms with Crippen molar-refractivity contribution in [3.63, 3.8) is 0 Å². The van der Waals surface area contributed by atoms with Gasteiger partial charge in [-0.25, -0.2) is 19.6 Å². The molecular weight excluding hydrogens is 248 g/mol. The van der Waals surface area contributed by atoms with Crippen LogP contribution < -0.4 is 0 Å². The summed E-state index contributed by atoms with van der Waals surface area (Å²) in [6.45, 7) is 6.80. The fourth-order valence-corrected chi connectivity index (χ4v) is 2.12. The molecule has 19 heavy (non-hydrogen) atoms. The molecule has 0 aromatic carbocycles. The van der Waals surface area contributed by atoms with Crippen molar-refractivity contribution in [3.05, 3.63) is 0 Å². The number of hydrogen-bond donors (Lipinski definition) is 0. The lowest BCUT2D eigenvalue weighted by Gasteiger charge is -2.11. The van der Waals surface area contributed by atoms with Crippen molar-refractivity contribution in [2.24, 2.45) is 15.4 Å². The number of nitrogens with zero attached hydrogens (tertiary/aromatic N) is 2. The van der Waals surface area contributed by atoms with Crippen molar-refractivity contribution in [3.8, 4) is 0 Å². The van der Waals surface area contributed by atoms with E-state index < -0.39 is 16.5 Å². The Morgan fingerprint density at radius 2 is 1.21 bits per heavy atom. The van der Waals surface area contributed by atoms with Gasteiger partial charge >= 0.3 is 11.9 Å². The van der Waals surface area contributed by atoms with Crippen LogP contribution in [0.15, 0.2) is 9.98 Å². The van der Waals surface area contributed by atoms with Crippen molar-refractivity contribution in [1.29, 1.82) is 0 Å². The molecule has 3 aliphatic rings. The zero-order valence-corrected chi connectivity index (χ0v) is 11.4. The molecule has 0 aromatic heterocycles. The van der Waals surface area contributed by atoms with Crippen molar-refractivity contribution >= 4 is 23.7 Å². The quantitative estimate of drug-likeness (QED) is 0.703. The minimum atomic E-state index is -0.871. The topological polar surface area (TPSA) is 77.3 Å². The predicted molar refractivity (Wildman–Crippen MR) is 66.9 cm³/mol. The highest BCUT2D eigenvalue weighted by molar-refractivity contribution is 6.17. The molecule has 0 radical (unpaired) electrons. The molecular formula is C13H16N2O4. The van der Waals surface area contributed by atoms with Gasteiger partial charge in [-0.05, 0) is 40.5 Å². The number of rotatable bonds is 2. The number of hydrogen-bond acceptors (Lipinski definition) is 6. The van der Waals surface area contributed by atoms with E-state index in [-0.39, 0.29) is 11.9 Å². The Hall–Kier alpha value is -1.72. The molecule has 0 N–H and O–H groups in total. The summed E-state index contributed by atoms with van der Waals surface area (Å²) in [6.07, 6.45) is 1.47. The Morgan fingerprint density at radius 1 is 0.842 bits per heavy atom. The maximum absolute atomic E-state index is 11.7. The van der Waals surface area contributed by atoms with Gasteiger partial charge < -0.3 is 9.47 Å². The Morgan fingerprint density at radius 3 is 1.42 bits per heavy atom. The van der Waals surface area contributed by atoms with E-state index in [1.807, 2.05) is 0 Å². The maximum atomic E-state index is 11.7. The van der Waals surface area contributed by atoms with Gasteiger partial charge in [0.2, 0.25) is 11.8 Å². The van der Waals surface area contributed by atoms with Crippen LogP contribution >= 0.6 is 0 Å². The van der Waals surface area contributed by atoms with Gasteiger partial charge in [-0.15, -0.1) is 0 Å². The molecule has 1 aliphatic carbocycles. The Balaban J connectivity index is 1.95. The second-order valence-corrected chi connectivity index (χ2v) is 6.31. The average Bonchev–Trinajstić information content (AvgIpc) is 2.96. The first kappa shape index (κ1) is 12.3. The number of cyclic esters (lactones) is 2. The Labute approximate surface area is 110 Å². The smallest absolute Gasteiger partial charge is 0.340 e. The fraction of sp³-hybridized carbons (Fsp3) is 0.692. The van der Waals surface area contributed by atoms with E-state index in [0.717, 1.165) is 12.8 Å². The highest BCUT2D eigenvalue weighted by atomic mass is 16.6. The number of carbonyl (C=O) groups excluding carboxylic acids is 2. The molecule has 3 rings (SSSR count).